The maximum atomic E-state index is 13.1. The number of nitrogens with one attached hydrogen (secondary N) is 1. The zero-order valence-corrected chi connectivity index (χ0v) is 17.0. The Bertz CT molecular complexity index is 869. The number of rotatable bonds is 8. The second-order valence-corrected chi connectivity index (χ2v) is 6.59. The van der Waals surface area contributed by atoms with Crippen LogP contribution in [0.25, 0.3) is 0 Å². The molecule has 0 fully saturated rings. The quantitative estimate of drug-likeness (QED) is 0.718. The van der Waals surface area contributed by atoms with Gasteiger partial charge in [0.15, 0.2) is 5.43 Å². The van der Waals surface area contributed by atoms with Gasteiger partial charge in [0, 0.05) is 36.3 Å². The van der Waals surface area contributed by atoms with Crippen LogP contribution in [0.4, 0.5) is 5.69 Å². The van der Waals surface area contributed by atoms with Gasteiger partial charge in [-0.15, -0.1) is 0 Å². The molecule has 5 heteroatoms. The maximum absolute atomic E-state index is 13.1. The zero-order chi connectivity index (χ0) is 20.0. The van der Waals surface area contributed by atoms with Gasteiger partial charge in [-0.05, 0) is 44.7 Å². The molecule has 146 valence electrons. The lowest BCUT2D eigenvalue weighted by Gasteiger charge is -2.20. The molecule has 2 rings (SSSR count). The summed E-state index contributed by atoms with van der Waals surface area (Å²) in [5, 5.41) is 2.99. The van der Waals surface area contributed by atoms with E-state index < -0.39 is 0 Å². The summed E-state index contributed by atoms with van der Waals surface area (Å²) in [5.74, 6) is -0.342. The number of carbonyl (C=O) groups excluding carboxylic acids is 1. The second kappa shape index (κ2) is 9.51. The van der Waals surface area contributed by atoms with E-state index >= 15 is 0 Å². The lowest BCUT2D eigenvalue weighted by Crippen LogP contribution is -2.29. The van der Waals surface area contributed by atoms with Gasteiger partial charge in [0.2, 0.25) is 0 Å². The second-order valence-electron chi connectivity index (χ2n) is 6.59. The van der Waals surface area contributed by atoms with E-state index in [0.29, 0.717) is 26.2 Å². The molecule has 0 bridgehead atoms. The van der Waals surface area contributed by atoms with Gasteiger partial charge in [-0.3, -0.25) is 9.59 Å². The first-order valence-electron chi connectivity index (χ1n) is 9.65. The molecule has 0 aliphatic carbocycles. The number of nitrogens with zero attached hydrogens (tertiary/aromatic N) is 1. The molecule has 1 amide bonds. The first kappa shape index (κ1) is 20.9. The van der Waals surface area contributed by atoms with Crippen LogP contribution in [-0.4, -0.2) is 23.7 Å². The van der Waals surface area contributed by atoms with Crippen molar-refractivity contribution in [3.63, 3.8) is 0 Å². The van der Waals surface area contributed by atoms with Crippen molar-refractivity contribution in [3.8, 4) is 0 Å². The molecule has 5 nitrogen and oxygen atoms in total. The summed E-state index contributed by atoms with van der Waals surface area (Å²) in [5.41, 5.74) is 4.44. The first-order valence-corrected chi connectivity index (χ1v) is 9.65. The molecule has 1 heterocycles. The summed E-state index contributed by atoms with van der Waals surface area (Å²) in [7, 11) is 0. The summed E-state index contributed by atoms with van der Waals surface area (Å²) in [6.45, 7) is 11.6. The Balaban J connectivity index is 2.47. The first-order chi connectivity index (χ1) is 12.9. The fraction of sp³-hybridized carbons (Fsp3) is 0.455. The molecule has 0 saturated heterocycles. The van der Waals surface area contributed by atoms with E-state index in [0.717, 1.165) is 34.6 Å². The van der Waals surface area contributed by atoms with Crippen LogP contribution in [0.1, 0.15) is 53.6 Å². The fourth-order valence-electron chi connectivity index (χ4n) is 3.43. The molecular formula is C22H30N2O3. The number of amides is 1. The van der Waals surface area contributed by atoms with E-state index in [4.69, 9.17) is 4.74 Å². The Hall–Kier alpha value is -2.40. The Kier molecular flexibility index (Phi) is 7.36. The minimum Gasteiger partial charge on any atom is -0.380 e. The van der Waals surface area contributed by atoms with Crippen molar-refractivity contribution in [1.82, 2.24) is 4.57 Å². The highest BCUT2D eigenvalue weighted by Crippen LogP contribution is 2.22. The number of benzene rings is 1. The number of para-hydroxylation sites is 1. The molecule has 0 atom stereocenters. The van der Waals surface area contributed by atoms with Crippen molar-refractivity contribution in [3.05, 3.63) is 62.6 Å². The van der Waals surface area contributed by atoms with Crippen LogP contribution < -0.4 is 10.7 Å². The molecule has 0 aliphatic rings. The number of ether oxygens (including phenoxy) is 1. The van der Waals surface area contributed by atoms with E-state index in [-0.39, 0.29) is 16.9 Å². The van der Waals surface area contributed by atoms with Gasteiger partial charge in [-0.25, -0.2) is 0 Å². The number of anilines is 1. The number of hydrogen-bond donors (Lipinski definition) is 1. The predicted molar refractivity (Wildman–Crippen MR) is 110 cm³/mol. The monoisotopic (exact) mass is 370 g/mol. The smallest absolute Gasteiger partial charge is 0.261 e. The summed E-state index contributed by atoms with van der Waals surface area (Å²) in [4.78, 5) is 25.7. The van der Waals surface area contributed by atoms with E-state index in [1.54, 1.807) is 6.07 Å². The van der Waals surface area contributed by atoms with Gasteiger partial charge in [-0.1, -0.05) is 32.0 Å². The van der Waals surface area contributed by atoms with Gasteiger partial charge in [-0.2, -0.15) is 0 Å². The SMILES string of the molecule is CCOCCn1c(C)cc(=O)c(C(=O)Nc2c(C)cccc2CC)c1CC. The fourth-order valence-corrected chi connectivity index (χ4v) is 3.43. The van der Waals surface area contributed by atoms with Gasteiger partial charge in [0.1, 0.15) is 5.56 Å². The number of aromatic nitrogens is 1. The van der Waals surface area contributed by atoms with Crippen molar-refractivity contribution >= 4 is 11.6 Å². The largest absolute Gasteiger partial charge is 0.380 e. The Morgan fingerprint density at radius 1 is 1.15 bits per heavy atom. The van der Waals surface area contributed by atoms with Gasteiger partial charge in [0.25, 0.3) is 5.91 Å². The molecule has 0 radical (unpaired) electrons. The molecule has 0 spiro atoms. The Morgan fingerprint density at radius 2 is 1.89 bits per heavy atom. The average Bonchev–Trinajstić information content (AvgIpc) is 2.64. The number of pyridine rings is 1. The molecule has 27 heavy (non-hydrogen) atoms. The average molecular weight is 370 g/mol. The maximum Gasteiger partial charge on any atom is 0.261 e. The predicted octanol–water partition coefficient (Wildman–Crippen LogP) is 3.88. The third-order valence-electron chi connectivity index (χ3n) is 4.83. The van der Waals surface area contributed by atoms with Gasteiger partial charge in [0.05, 0.1) is 6.61 Å². The van der Waals surface area contributed by atoms with Crippen molar-refractivity contribution in [1.29, 1.82) is 0 Å². The highest BCUT2D eigenvalue weighted by molar-refractivity contribution is 6.05. The third kappa shape index (κ3) is 4.66. The molecule has 1 aromatic heterocycles. The van der Waals surface area contributed by atoms with Crippen LogP contribution in [0.2, 0.25) is 0 Å². The van der Waals surface area contributed by atoms with E-state index in [9.17, 15) is 9.59 Å². The standard InChI is InChI=1S/C22H30N2O3/c1-6-17-11-9-10-15(4)21(17)23-22(26)20-18(7-2)24(12-13-27-8-3)16(5)14-19(20)25/h9-11,14H,6-8,12-13H2,1-5H3,(H,23,26). The molecule has 0 saturated carbocycles. The summed E-state index contributed by atoms with van der Waals surface area (Å²) >= 11 is 0. The Morgan fingerprint density at radius 3 is 2.52 bits per heavy atom. The summed E-state index contributed by atoms with van der Waals surface area (Å²) < 4.78 is 7.48. The minimum absolute atomic E-state index is 0.227. The highest BCUT2D eigenvalue weighted by atomic mass is 16.5. The zero-order valence-electron chi connectivity index (χ0n) is 17.0. The van der Waals surface area contributed by atoms with Crippen molar-refractivity contribution in [2.75, 3.05) is 18.5 Å². The van der Waals surface area contributed by atoms with E-state index in [1.165, 1.54) is 0 Å². The molecule has 1 aromatic carbocycles. The number of aryl methyl sites for hydroxylation is 3. The molecule has 0 unspecified atom stereocenters. The van der Waals surface area contributed by atoms with E-state index in [2.05, 4.69) is 12.2 Å². The topological polar surface area (TPSA) is 60.3 Å². The van der Waals surface area contributed by atoms with Crippen molar-refractivity contribution in [2.45, 2.75) is 54.0 Å². The molecule has 0 aliphatic heterocycles. The van der Waals surface area contributed by atoms with Crippen LogP contribution in [0.5, 0.6) is 0 Å². The Labute approximate surface area is 161 Å². The minimum atomic E-state index is -0.342. The van der Waals surface area contributed by atoms with Crippen LogP contribution in [-0.2, 0) is 24.1 Å². The highest BCUT2D eigenvalue weighted by Gasteiger charge is 2.20. The van der Waals surface area contributed by atoms with Crippen molar-refractivity contribution < 1.29 is 9.53 Å². The van der Waals surface area contributed by atoms with Gasteiger partial charge < -0.3 is 14.6 Å². The number of carbonyl (C=O) groups is 1. The van der Waals surface area contributed by atoms with Gasteiger partial charge >= 0.3 is 0 Å². The van der Waals surface area contributed by atoms with Crippen LogP contribution in [0.3, 0.4) is 0 Å². The summed E-state index contributed by atoms with van der Waals surface area (Å²) in [6.07, 6.45) is 1.41. The van der Waals surface area contributed by atoms with Crippen LogP contribution >= 0.6 is 0 Å². The van der Waals surface area contributed by atoms with Crippen molar-refractivity contribution in [2.24, 2.45) is 0 Å². The third-order valence-corrected chi connectivity index (χ3v) is 4.83. The lowest BCUT2D eigenvalue weighted by molar-refractivity contribution is 0.102. The molecule has 1 N–H and O–H groups in total. The molecule has 2 aromatic rings. The number of hydrogen-bond acceptors (Lipinski definition) is 3. The van der Waals surface area contributed by atoms with Crippen LogP contribution in [0, 0.1) is 13.8 Å². The van der Waals surface area contributed by atoms with E-state index in [1.807, 2.05) is 50.5 Å². The molecular weight excluding hydrogens is 340 g/mol. The van der Waals surface area contributed by atoms with Crippen LogP contribution in [0.15, 0.2) is 29.1 Å². The lowest BCUT2D eigenvalue weighted by atomic mass is 10.0. The summed E-state index contributed by atoms with van der Waals surface area (Å²) in [6, 6.07) is 7.48. The normalized spacial score (nSPS) is 10.9.